The van der Waals surface area contributed by atoms with E-state index in [-0.39, 0.29) is 102 Å². The fourth-order valence-electron chi connectivity index (χ4n) is 5.48. The minimum Gasteiger partial charge on any atom is -0.480 e. The molecule has 0 aromatic heterocycles. The zero-order valence-electron chi connectivity index (χ0n) is 36.5. The van der Waals surface area contributed by atoms with Crippen LogP contribution in [0.25, 0.3) is 0 Å². The summed E-state index contributed by atoms with van der Waals surface area (Å²) in [7, 11) is 0. The number of nitrogens with one attached hydrogen (secondary N) is 3. The van der Waals surface area contributed by atoms with Crippen LogP contribution in [0.15, 0.2) is 0 Å². The second-order valence-electron chi connectivity index (χ2n) is 16.3. The maximum atomic E-state index is 12.9. The molecule has 58 heavy (non-hydrogen) atoms. The third-order valence-electron chi connectivity index (χ3n) is 8.23. The number of carboxylic acid groups (broad SMARTS) is 1. The van der Waals surface area contributed by atoms with Gasteiger partial charge < -0.3 is 49.5 Å². The molecule has 1 atom stereocenters. The lowest BCUT2D eigenvalue weighted by Gasteiger charge is -2.24. The Bertz CT molecular complexity index is 1140. The van der Waals surface area contributed by atoms with Gasteiger partial charge in [0.05, 0.1) is 39.6 Å². The Balaban J connectivity index is 4.02. The third-order valence-corrected chi connectivity index (χ3v) is 8.23. The van der Waals surface area contributed by atoms with Crippen molar-refractivity contribution in [2.45, 2.75) is 168 Å². The molecule has 0 bridgehead atoms. The van der Waals surface area contributed by atoms with E-state index in [1.165, 1.54) is 38.5 Å². The lowest BCUT2D eigenvalue weighted by molar-refractivity contribution is -0.159. The van der Waals surface area contributed by atoms with Gasteiger partial charge in [-0.15, -0.1) is 0 Å². The summed E-state index contributed by atoms with van der Waals surface area (Å²) in [4.78, 5) is 71.9. The van der Waals surface area contributed by atoms with Crippen LogP contribution in [0.3, 0.4) is 0 Å². The molecule has 3 amide bonds. The first kappa shape index (κ1) is 54.7. The van der Waals surface area contributed by atoms with Crippen LogP contribution < -0.4 is 16.0 Å². The quantitative estimate of drug-likeness (QED) is 0.0471. The molecule has 0 aliphatic rings. The van der Waals surface area contributed by atoms with E-state index >= 15 is 0 Å². The molecule has 4 N–H and O–H groups in total. The zero-order valence-corrected chi connectivity index (χ0v) is 36.5. The van der Waals surface area contributed by atoms with E-state index in [0.717, 1.165) is 44.9 Å². The number of carbonyl (C=O) groups is 6. The van der Waals surface area contributed by atoms with Crippen molar-refractivity contribution in [1.29, 1.82) is 0 Å². The van der Waals surface area contributed by atoms with Crippen molar-refractivity contribution in [2.24, 2.45) is 0 Å². The molecule has 0 spiro atoms. The summed E-state index contributed by atoms with van der Waals surface area (Å²) in [5.41, 5.74) is -1.15. The Morgan fingerprint density at radius 1 is 0.483 bits per heavy atom. The molecule has 0 fully saturated rings. The number of carbonyl (C=O) groups excluding carboxylic acids is 5. The van der Waals surface area contributed by atoms with Crippen LogP contribution in [-0.2, 0) is 57.2 Å². The SMILES string of the molecule is CC(C)(C)OC(=O)CCCCCCCCCCCCCCCC(=O)N[C@@H](CCC(=O)NCCOCCOCC(=O)NCCOCCOCC(=O)O)C(=O)OC(C)(C)C. The summed E-state index contributed by atoms with van der Waals surface area (Å²) in [6.45, 7) is 12.1. The van der Waals surface area contributed by atoms with Crippen molar-refractivity contribution in [3.63, 3.8) is 0 Å². The van der Waals surface area contributed by atoms with Gasteiger partial charge in [-0.25, -0.2) is 9.59 Å². The Morgan fingerprint density at radius 2 is 0.914 bits per heavy atom. The Hall–Kier alpha value is -3.34. The molecular formula is C42H77N3O13. The molecule has 0 aromatic rings. The maximum Gasteiger partial charge on any atom is 0.329 e. The molecule has 0 unspecified atom stereocenters. The van der Waals surface area contributed by atoms with Crippen molar-refractivity contribution < 1.29 is 62.3 Å². The van der Waals surface area contributed by atoms with E-state index in [1.54, 1.807) is 20.8 Å². The molecule has 16 nitrogen and oxygen atoms in total. The van der Waals surface area contributed by atoms with Gasteiger partial charge >= 0.3 is 17.9 Å². The topological polar surface area (TPSA) is 214 Å². The van der Waals surface area contributed by atoms with E-state index < -0.39 is 29.2 Å². The van der Waals surface area contributed by atoms with E-state index in [1.807, 2.05) is 20.8 Å². The van der Waals surface area contributed by atoms with E-state index in [4.69, 9.17) is 33.5 Å². The summed E-state index contributed by atoms with van der Waals surface area (Å²) >= 11 is 0. The van der Waals surface area contributed by atoms with Gasteiger partial charge in [-0.05, 0) is 60.8 Å². The predicted octanol–water partition coefficient (Wildman–Crippen LogP) is 5.17. The molecule has 0 saturated heterocycles. The van der Waals surface area contributed by atoms with Gasteiger partial charge in [0.1, 0.15) is 30.5 Å². The highest BCUT2D eigenvalue weighted by atomic mass is 16.6. The first-order valence-corrected chi connectivity index (χ1v) is 21.3. The number of esters is 2. The Morgan fingerprint density at radius 3 is 1.40 bits per heavy atom. The highest BCUT2D eigenvalue weighted by molar-refractivity contribution is 5.85. The van der Waals surface area contributed by atoms with Gasteiger partial charge in [0.15, 0.2) is 0 Å². The minimum absolute atomic E-state index is 0.0157. The average Bonchev–Trinajstić information content (AvgIpc) is 3.12. The summed E-state index contributed by atoms with van der Waals surface area (Å²) in [5.74, 6) is -2.57. The molecular weight excluding hydrogens is 754 g/mol. The average molecular weight is 832 g/mol. The van der Waals surface area contributed by atoms with Crippen molar-refractivity contribution in [1.82, 2.24) is 16.0 Å². The second kappa shape index (κ2) is 34.5. The third kappa shape index (κ3) is 39.5. The smallest absolute Gasteiger partial charge is 0.329 e. The van der Waals surface area contributed by atoms with Crippen LogP contribution in [0.5, 0.6) is 0 Å². The second-order valence-corrected chi connectivity index (χ2v) is 16.3. The van der Waals surface area contributed by atoms with Crippen molar-refractivity contribution in [2.75, 3.05) is 65.9 Å². The first-order valence-electron chi connectivity index (χ1n) is 21.3. The number of ether oxygens (including phenoxy) is 6. The normalized spacial score (nSPS) is 12.1. The number of rotatable bonds is 37. The minimum atomic E-state index is -1.05. The predicted molar refractivity (Wildman–Crippen MR) is 219 cm³/mol. The number of aliphatic carboxylic acids is 1. The van der Waals surface area contributed by atoms with E-state index in [0.29, 0.717) is 12.8 Å². The van der Waals surface area contributed by atoms with Gasteiger partial charge in [-0.3, -0.25) is 19.2 Å². The van der Waals surface area contributed by atoms with Gasteiger partial charge in [0.2, 0.25) is 17.7 Å². The van der Waals surface area contributed by atoms with Crippen molar-refractivity contribution in [3.05, 3.63) is 0 Å². The molecule has 0 heterocycles. The molecule has 338 valence electrons. The fourth-order valence-corrected chi connectivity index (χ4v) is 5.48. The molecule has 0 rings (SSSR count). The van der Waals surface area contributed by atoms with Crippen LogP contribution in [0, 0.1) is 0 Å². The van der Waals surface area contributed by atoms with Crippen molar-refractivity contribution >= 4 is 35.6 Å². The van der Waals surface area contributed by atoms with Crippen LogP contribution >= 0.6 is 0 Å². The molecule has 0 aliphatic heterocycles. The fraction of sp³-hybridized carbons (Fsp3) is 0.857. The van der Waals surface area contributed by atoms with Crippen LogP contribution in [0.1, 0.15) is 151 Å². The van der Waals surface area contributed by atoms with Crippen LogP contribution in [0.2, 0.25) is 0 Å². The monoisotopic (exact) mass is 832 g/mol. The summed E-state index contributed by atoms with van der Waals surface area (Å²) in [6.07, 6.45) is 15.2. The lowest BCUT2D eigenvalue weighted by atomic mass is 10.0. The van der Waals surface area contributed by atoms with Gasteiger partial charge in [-0.1, -0.05) is 70.6 Å². The number of unbranched alkanes of at least 4 members (excludes halogenated alkanes) is 12. The zero-order chi connectivity index (χ0) is 43.5. The molecule has 0 saturated carbocycles. The van der Waals surface area contributed by atoms with E-state index in [9.17, 15) is 28.8 Å². The standard InChI is InChI=1S/C42H77N3O13/c1-41(2,3)57-39(51)21-19-17-15-13-11-9-7-8-10-12-14-16-18-20-36(47)45-34(40(52)58-42(4,5)6)22-23-35(46)43-24-26-53-28-30-55-32-37(48)44-25-27-54-29-31-56-33-38(49)50/h34H,7-33H2,1-6H3,(H,43,46)(H,44,48)(H,45,47)(H,49,50)/t34-/m0/s1. The summed E-state index contributed by atoms with van der Waals surface area (Å²) < 4.78 is 31.6. The number of hydrogen-bond acceptors (Lipinski definition) is 12. The molecule has 16 heteroatoms. The van der Waals surface area contributed by atoms with Crippen molar-refractivity contribution in [3.8, 4) is 0 Å². The molecule has 0 radical (unpaired) electrons. The summed E-state index contributed by atoms with van der Waals surface area (Å²) in [5, 5.41) is 16.6. The maximum absolute atomic E-state index is 12.9. The van der Waals surface area contributed by atoms with E-state index in [2.05, 4.69) is 16.0 Å². The first-order chi connectivity index (χ1) is 27.5. The highest BCUT2D eigenvalue weighted by Gasteiger charge is 2.27. The molecule has 0 aliphatic carbocycles. The van der Waals surface area contributed by atoms with Crippen LogP contribution in [0.4, 0.5) is 0 Å². The van der Waals surface area contributed by atoms with Gasteiger partial charge in [0, 0.05) is 32.4 Å². The van der Waals surface area contributed by atoms with Gasteiger partial charge in [-0.2, -0.15) is 0 Å². The number of carboxylic acids is 1. The number of hydrogen-bond donors (Lipinski definition) is 4. The Kier molecular flexibility index (Phi) is 32.5. The summed E-state index contributed by atoms with van der Waals surface area (Å²) in [6, 6.07) is -0.933. The largest absolute Gasteiger partial charge is 0.480 e. The Labute approximate surface area is 347 Å². The van der Waals surface area contributed by atoms with Gasteiger partial charge in [0.25, 0.3) is 0 Å². The highest BCUT2D eigenvalue weighted by Crippen LogP contribution is 2.15. The lowest BCUT2D eigenvalue weighted by Crippen LogP contribution is -2.44. The number of amides is 3. The van der Waals surface area contributed by atoms with Crippen LogP contribution in [-0.4, -0.2) is 124 Å². The molecule has 0 aromatic carbocycles.